The Morgan fingerprint density at radius 2 is 1.25 bits per heavy atom. The Bertz CT molecular complexity index is 74.7. The van der Waals surface area contributed by atoms with E-state index in [-0.39, 0.29) is 119 Å². The van der Waals surface area contributed by atoms with Crippen molar-refractivity contribution in [3.63, 3.8) is 0 Å². The van der Waals surface area contributed by atoms with E-state index in [1.807, 2.05) is 0 Å². The molecule has 0 unspecified atom stereocenters. The normalized spacial score (nSPS) is 7.38. The van der Waals surface area contributed by atoms with Gasteiger partial charge in [-0.2, -0.15) is 0 Å². The first kappa shape index (κ1) is 22.6. The third kappa shape index (κ3) is 52.8. The standard InChI is InChI=1S/Ca.K.Mg.H3O4P.5H/c;;;1-5(2,3)4;;;;;/h;;;(H3,1,2,3,4);;;;;/q+2;+1;+2;;5*-1. The van der Waals surface area contributed by atoms with E-state index in [1.54, 1.807) is 0 Å². The molecule has 0 spiro atoms. The van der Waals surface area contributed by atoms with Crippen molar-refractivity contribution in [3.8, 4) is 0 Å². The van der Waals surface area contributed by atoms with Gasteiger partial charge in [-0.3, -0.25) is 0 Å². The van der Waals surface area contributed by atoms with Crippen LogP contribution in [0.2, 0.25) is 0 Å². The molecule has 0 saturated carbocycles. The molecular weight excluding hydrogens is 198 g/mol. The Hall–Kier alpha value is 3.77. The molecule has 0 heterocycles. The van der Waals surface area contributed by atoms with Crippen LogP contribution >= 0.6 is 7.82 Å². The smallest absolute Gasteiger partial charge is 1.00 e. The monoisotopic (exact) mass is 206 g/mol. The molecule has 42 valence electrons. The SMILES string of the molecule is O=P(O)(O)O.[Ca+2].[H-].[H-].[H-].[H-].[H-].[K+].[Mg+2]. The Kier molecular flexibility index (Phi) is 30.5. The quantitative estimate of drug-likeness (QED) is 0.278. The molecule has 0 aliphatic rings. The Morgan fingerprint density at radius 3 is 1.25 bits per heavy atom. The van der Waals surface area contributed by atoms with Crippen molar-refractivity contribution in [3.05, 3.63) is 0 Å². The molecule has 0 amide bonds. The van der Waals surface area contributed by atoms with Crippen molar-refractivity contribution in [1.29, 1.82) is 0 Å². The van der Waals surface area contributed by atoms with E-state index in [9.17, 15) is 0 Å². The minimum atomic E-state index is -4.64. The second kappa shape index (κ2) is 10.8. The third-order valence-corrected chi connectivity index (χ3v) is 0. The summed E-state index contributed by atoms with van der Waals surface area (Å²) >= 11 is 0. The summed E-state index contributed by atoms with van der Waals surface area (Å²) in [7, 11) is -4.64. The summed E-state index contributed by atoms with van der Waals surface area (Å²) in [6.45, 7) is 0. The molecule has 0 atom stereocenters. The van der Waals surface area contributed by atoms with Crippen molar-refractivity contribution in [1.82, 2.24) is 0 Å². The first-order valence-electron chi connectivity index (χ1n) is 0.783. The van der Waals surface area contributed by atoms with E-state index in [1.165, 1.54) is 0 Å². The van der Waals surface area contributed by atoms with Crippen LogP contribution in [0.25, 0.3) is 0 Å². The zero-order valence-electron chi connectivity index (χ0n) is 9.61. The topological polar surface area (TPSA) is 77.8 Å². The van der Waals surface area contributed by atoms with Crippen molar-refractivity contribution in [2.24, 2.45) is 0 Å². The summed E-state index contributed by atoms with van der Waals surface area (Å²) in [6, 6.07) is 0. The number of hydrogen-bond donors (Lipinski definition) is 3. The number of phosphoric acid groups is 1. The van der Waals surface area contributed by atoms with Gasteiger partial charge in [0.25, 0.3) is 0 Å². The van der Waals surface area contributed by atoms with E-state index >= 15 is 0 Å². The summed E-state index contributed by atoms with van der Waals surface area (Å²) in [4.78, 5) is 21.6. The average molecular weight is 207 g/mol. The van der Waals surface area contributed by atoms with Crippen LogP contribution in [0.15, 0.2) is 0 Å². The Morgan fingerprint density at radius 1 is 1.25 bits per heavy atom. The van der Waals surface area contributed by atoms with E-state index in [2.05, 4.69) is 0 Å². The Balaban J connectivity index is -0.00000000286. The molecule has 0 bridgehead atoms. The second-order valence-corrected chi connectivity index (χ2v) is 1.54. The number of hydrogen-bond acceptors (Lipinski definition) is 1. The largest absolute Gasteiger partial charge is 2.00 e. The van der Waals surface area contributed by atoms with Gasteiger partial charge in [0.2, 0.25) is 0 Å². The van der Waals surface area contributed by atoms with E-state index < -0.39 is 7.82 Å². The average Bonchev–Trinajstić information content (AvgIpc) is 0.722. The predicted octanol–water partition coefficient (Wildman–Crippen LogP) is -4.12. The van der Waals surface area contributed by atoms with Gasteiger partial charge in [-0.25, -0.2) is 4.57 Å². The van der Waals surface area contributed by atoms with Crippen LogP contribution in [0.5, 0.6) is 0 Å². The number of rotatable bonds is 0. The molecule has 8 heteroatoms. The molecule has 0 saturated heterocycles. The van der Waals surface area contributed by atoms with Gasteiger partial charge in [0.05, 0.1) is 0 Å². The van der Waals surface area contributed by atoms with Crippen molar-refractivity contribution < 1.29 is 77.8 Å². The van der Waals surface area contributed by atoms with Gasteiger partial charge < -0.3 is 21.8 Å². The zero-order valence-corrected chi connectivity index (χ0v) is 12.3. The van der Waals surface area contributed by atoms with E-state index in [0.717, 1.165) is 0 Å². The first-order chi connectivity index (χ1) is 2.00. The second-order valence-electron chi connectivity index (χ2n) is 0.513. The van der Waals surface area contributed by atoms with Crippen LogP contribution in [0, 0.1) is 0 Å². The molecule has 0 aliphatic heterocycles. The molecule has 8 heavy (non-hydrogen) atoms. The molecule has 0 aromatic heterocycles. The Labute approximate surface area is 143 Å². The summed E-state index contributed by atoms with van der Waals surface area (Å²) in [5.41, 5.74) is 0. The van der Waals surface area contributed by atoms with Crippen molar-refractivity contribution >= 4 is 68.6 Å². The fourth-order valence-corrected chi connectivity index (χ4v) is 0. The van der Waals surface area contributed by atoms with Gasteiger partial charge in [-0.05, 0) is 0 Å². The molecule has 0 aromatic carbocycles. The van der Waals surface area contributed by atoms with Gasteiger partial charge >= 0.3 is 120 Å². The fourth-order valence-electron chi connectivity index (χ4n) is 0. The fraction of sp³-hybridized carbons (Fsp3) is 0. The van der Waals surface area contributed by atoms with Gasteiger partial charge in [0.15, 0.2) is 0 Å². The molecule has 3 N–H and O–H groups in total. The summed E-state index contributed by atoms with van der Waals surface area (Å²) in [5, 5.41) is 0. The third-order valence-electron chi connectivity index (χ3n) is 0. The summed E-state index contributed by atoms with van der Waals surface area (Å²) in [5.74, 6) is 0. The maximum absolute atomic E-state index is 8.88. The molecule has 0 aromatic rings. The minimum absolute atomic E-state index is 0. The molecule has 0 radical (unpaired) electrons. The van der Waals surface area contributed by atoms with Crippen LogP contribution in [0.1, 0.15) is 7.13 Å². The molecule has 0 fully saturated rings. The molecule has 0 aliphatic carbocycles. The van der Waals surface area contributed by atoms with Gasteiger partial charge in [0, 0.05) is 0 Å². The van der Waals surface area contributed by atoms with Crippen LogP contribution in [-0.4, -0.2) is 75.5 Å². The van der Waals surface area contributed by atoms with Gasteiger partial charge in [-0.15, -0.1) is 0 Å². The summed E-state index contributed by atoms with van der Waals surface area (Å²) in [6.07, 6.45) is 0. The van der Waals surface area contributed by atoms with Crippen LogP contribution in [0.3, 0.4) is 0 Å². The summed E-state index contributed by atoms with van der Waals surface area (Å²) < 4.78 is 8.88. The van der Waals surface area contributed by atoms with E-state index in [4.69, 9.17) is 19.2 Å². The van der Waals surface area contributed by atoms with Crippen LogP contribution in [-0.2, 0) is 4.57 Å². The molecule has 0 rings (SSSR count). The van der Waals surface area contributed by atoms with Crippen molar-refractivity contribution in [2.45, 2.75) is 0 Å². The van der Waals surface area contributed by atoms with Gasteiger partial charge in [0.1, 0.15) is 0 Å². The van der Waals surface area contributed by atoms with E-state index in [0.29, 0.717) is 0 Å². The minimum Gasteiger partial charge on any atom is -1.00 e. The molecular formula is H8CaKMgO4P. The van der Waals surface area contributed by atoms with Gasteiger partial charge in [-0.1, -0.05) is 0 Å². The molecule has 4 nitrogen and oxygen atoms in total. The maximum atomic E-state index is 8.88. The van der Waals surface area contributed by atoms with Crippen molar-refractivity contribution in [2.75, 3.05) is 0 Å². The van der Waals surface area contributed by atoms with Crippen LogP contribution in [0.4, 0.5) is 0 Å². The van der Waals surface area contributed by atoms with Crippen LogP contribution < -0.4 is 51.4 Å². The maximum Gasteiger partial charge on any atom is 2.00 e. The first-order valence-corrected chi connectivity index (χ1v) is 2.35. The predicted molar refractivity (Wildman–Crippen MR) is 31.3 cm³/mol. The zero-order chi connectivity index (χ0) is 4.50.